The zero-order chi connectivity index (χ0) is 15.5. The third kappa shape index (κ3) is 3.09. The first-order valence-electron chi connectivity index (χ1n) is 7.66. The fraction of sp³-hybridized carbons (Fsp3) is 0.412. The molecule has 5 heteroatoms. The Morgan fingerprint density at radius 1 is 1.23 bits per heavy atom. The highest BCUT2D eigenvalue weighted by Gasteiger charge is 2.16. The largest absolute Gasteiger partial charge is 0.392 e. The van der Waals surface area contributed by atoms with E-state index in [2.05, 4.69) is 15.3 Å². The van der Waals surface area contributed by atoms with Gasteiger partial charge in [-0.3, -0.25) is 0 Å². The monoisotopic (exact) mass is 301 g/mol. The van der Waals surface area contributed by atoms with Gasteiger partial charge in [0.1, 0.15) is 17.5 Å². The van der Waals surface area contributed by atoms with Crippen LogP contribution in [0.15, 0.2) is 18.2 Å². The smallest absolute Gasteiger partial charge is 0.133 e. The molecule has 1 aromatic heterocycles. The highest BCUT2D eigenvalue weighted by atomic mass is 19.1. The molecule has 0 fully saturated rings. The first-order valence-corrected chi connectivity index (χ1v) is 7.66. The average Bonchev–Trinajstić information content (AvgIpc) is 2.53. The Bertz CT molecular complexity index is 688. The van der Waals surface area contributed by atoms with Crippen molar-refractivity contribution in [1.82, 2.24) is 9.97 Å². The van der Waals surface area contributed by atoms with Gasteiger partial charge in [0.25, 0.3) is 0 Å². The Hall–Kier alpha value is -2.01. The van der Waals surface area contributed by atoms with Crippen LogP contribution >= 0.6 is 0 Å². The molecule has 0 amide bonds. The minimum atomic E-state index is -0.374. The van der Waals surface area contributed by atoms with E-state index >= 15 is 0 Å². The summed E-state index contributed by atoms with van der Waals surface area (Å²) in [4.78, 5) is 9.05. The molecule has 1 aliphatic carbocycles. The van der Waals surface area contributed by atoms with Crippen LogP contribution in [0.5, 0.6) is 0 Å². The van der Waals surface area contributed by atoms with Gasteiger partial charge in [-0.05, 0) is 50.3 Å². The van der Waals surface area contributed by atoms with Gasteiger partial charge in [-0.2, -0.15) is 0 Å². The van der Waals surface area contributed by atoms with Crippen molar-refractivity contribution in [2.24, 2.45) is 0 Å². The lowest BCUT2D eigenvalue weighted by atomic mass is 9.96. The molecule has 0 atom stereocenters. The van der Waals surface area contributed by atoms with Gasteiger partial charge in [-0.25, -0.2) is 14.4 Å². The summed E-state index contributed by atoms with van der Waals surface area (Å²) in [5, 5.41) is 12.5. The molecule has 22 heavy (non-hydrogen) atoms. The maximum Gasteiger partial charge on any atom is 0.133 e. The Morgan fingerprint density at radius 3 is 2.86 bits per heavy atom. The van der Waals surface area contributed by atoms with Crippen LogP contribution in [0, 0.1) is 12.7 Å². The molecular weight excluding hydrogens is 281 g/mol. The number of aromatic nitrogens is 2. The second kappa shape index (κ2) is 6.40. The standard InChI is InChI=1S/C17H20FN3O/c1-11-20-16-5-3-2-4-14(16)17(21-11)19-9-12-6-7-15(18)13(8-12)10-22/h6-8,22H,2-5,9-10H2,1H3,(H,19,20,21). The summed E-state index contributed by atoms with van der Waals surface area (Å²) in [6.45, 7) is 2.17. The molecule has 0 spiro atoms. The molecule has 1 aliphatic rings. The number of hydrogen-bond acceptors (Lipinski definition) is 4. The van der Waals surface area contributed by atoms with Crippen molar-refractivity contribution in [1.29, 1.82) is 0 Å². The van der Waals surface area contributed by atoms with Crippen LogP contribution in [0.3, 0.4) is 0 Å². The minimum Gasteiger partial charge on any atom is -0.392 e. The summed E-state index contributed by atoms with van der Waals surface area (Å²) in [5.41, 5.74) is 3.60. The van der Waals surface area contributed by atoms with Crippen LogP contribution in [0.1, 0.15) is 41.1 Å². The van der Waals surface area contributed by atoms with Crippen molar-refractivity contribution >= 4 is 5.82 Å². The highest BCUT2D eigenvalue weighted by Crippen LogP contribution is 2.25. The van der Waals surface area contributed by atoms with Crippen molar-refractivity contribution in [2.45, 2.75) is 45.8 Å². The maximum absolute atomic E-state index is 13.4. The molecular formula is C17H20FN3O. The van der Waals surface area contributed by atoms with E-state index < -0.39 is 0 Å². The third-order valence-corrected chi connectivity index (χ3v) is 4.04. The van der Waals surface area contributed by atoms with Crippen LogP contribution < -0.4 is 5.32 Å². The van der Waals surface area contributed by atoms with Gasteiger partial charge in [0.05, 0.1) is 6.61 Å². The number of halogens is 1. The van der Waals surface area contributed by atoms with Crippen molar-refractivity contribution in [2.75, 3.05) is 5.32 Å². The number of aliphatic hydroxyl groups is 1. The Kier molecular flexibility index (Phi) is 4.34. The van der Waals surface area contributed by atoms with Gasteiger partial charge < -0.3 is 10.4 Å². The zero-order valence-electron chi connectivity index (χ0n) is 12.7. The molecule has 0 radical (unpaired) electrons. The number of benzene rings is 1. The van der Waals surface area contributed by atoms with Crippen molar-refractivity contribution < 1.29 is 9.50 Å². The van der Waals surface area contributed by atoms with E-state index in [-0.39, 0.29) is 12.4 Å². The second-order valence-electron chi connectivity index (χ2n) is 5.69. The topological polar surface area (TPSA) is 58.0 Å². The highest BCUT2D eigenvalue weighted by molar-refractivity contribution is 5.48. The summed E-state index contributed by atoms with van der Waals surface area (Å²) in [6.07, 6.45) is 4.36. The lowest BCUT2D eigenvalue weighted by Gasteiger charge is -2.19. The van der Waals surface area contributed by atoms with E-state index in [1.54, 1.807) is 12.1 Å². The summed E-state index contributed by atoms with van der Waals surface area (Å²) in [5.74, 6) is 1.29. The van der Waals surface area contributed by atoms with Crippen LogP contribution in [-0.4, -0.2) is 15.1 Å². The Labute approximate surface area is 129 Å². The normalized spacial score (nSPS) is 13.8. The zero-order valence-corrected chi connectivity index (χ0v) is 12.7. The second-order valence-corrected chi connectivity index (χ2v) is 5.69. The van der Waals surface area contributed by atoms with Gasteiger partial charge in [-0.15, -0.1) is 0 Å². The predicted octanol–water partition coefficient (Wildman–Crippen LogP) is 2.91. The molecule has 4 nitrogen and oxygen atoms in total. The molecule has 0 bridgehead atoms. The average molecular weight is 301 g/mol. The van der Waals surface area contributed by atoms with E-state index in [4.69, 9.17) is 5.11 Å². The fourth-order valence-corrected chi connectivity index (χ4v) is 2.91. The summed E-state index contributed by atoms with van der Waals surface area (Å²) in [6, 6.07) is 4.80. The summed E-state index contributed by atoms with van der Waals surface area (Å²) < 4.78 is 13.4. The van der Waals surface area contributed by atoms with Crippen LogP contribution in [0.4, 0.5) is 10.2 Å². The summed E-state index contributed by atoms with van der Waals surface area (Å²) >= 11 is 0. The number of aryl methyl sites for hydroxylation is 2. The maximum atomic E-state index is 13.4. The number of nitrogens with one attached hydrogen (secondary N) is 1. The van der Waals surface area contributed by atoms with Crippen LogP contribution in [-0.2, 0) is 26.0 Å². The molecule has 0 aliphatic heterocycles. The Balaban J connectivity index is 1.80. The number of anilines is 1. The van der Waals surface area contributed by atoms with E-state index in [1.165, 1.54) is 24.5 Å². The van der Waals surface area contributed by atoms with Gasteiger partial charge >= 0.3 is 0 Å². The van der Waals surface area contributed by atoms with E-state index in [0.717, 1.165) is 35.7 Å². The molecule has 0 saturated heterocycles. The molecule has 2 N–H and O–H groups in total. The van der Waals surface area contributed by atoms with Crippen molar-refractivity contribution in [3.8, 4) is 0 Å². The molecule has 3 rings (SSSR count). The first kappa shape index (κ1) is 14.9. The molecule has 1 heterocycles. The SMILES string of the molecule is Cc1nc2c(c(NCc3ccc(F)c(CO)c3)n1)CCCC2. The molecule has 1 aromatic carbocycles. The van der Waals surface area contributed by atoms with E-state index in [9.17, 15) is 4.39 Å². The lowest BCUT2D eigenvalue weighted by molar-refractivity contribution is 0.275. The van der Waals surface area contributed by atoms with Gasteiger partial charge in [-0.1, -0.05) is 6.07 Å². The number of aliphatic hydroxyl groups excluding tert-OH is 1. The molecule has 0 saturated carbocycles. The third-order valence-electron chi connectivity index (χ3n) is 4.04. The predicted molar refractivity (Wildman–Crippen MR) is 83.1 cm³/mol. The number of hydrogen-bond donors (Lipinski definition) is 2. The summed E-state index contributed by atoms with van der Waals surface area (Å²) in [7, 11) is 0. The quantitative estimate of drug-likeness (QED) is 0.911. The molecule has 0 unspecified atom stereocenters. The number of rotatable bonds is 4. The first-order chi connectivity index (χ1) is 10.7. The van der Waals surface area contributed by atoms with E-state index in [0.29, 0.717) is 12.1 Å². The van der Waals surface area contributed by atoms with E-state index in [1.807, 2.05) is 6.92 Å². The van der Waals surface area contributed by atoms with Crippen molar-refractivity contribution in [3.05, 3.63) is 52.2 Å². The fourth-order valence-electron chi connectivity index (χ4n) is 2.91. The van der Waals surface area contributed by atoms with Crippen molar-refractivity contribution in [3.63, 3.8) is 0 Å². The lowest BCUT2D eigenvalue weighted by Crippen LogP contribution is -2.13. The number of fused-ring (bicyclic) bond motifs is 1. The van der Waals surface area contributed by atoms with Crippen LogP contribution in [0.25, 0.3) is 0 Å². The Morgan fingerprint density at radius 2 is 2.05 bits per heavy atom. The minimum absolute atomic E-state index is 0.290. The van der Waals surface area contributed by atoms with Crippen LogP contribution in [0.2, 0.25) is 0 Å². The van der Waals surface area contributed by atoms with Gasteiger partial charge in [0, 0.05) is 23.4 Å². The van der Waals surface area contributed by atoms with Gasteiger partial charge in [0.15, 0.2) is 0 Å². The molecule has 116 valence electrons. The number of nitrogens with zero attached hydrogens (tertiary/aromatic N) is 2. The van der Waals surface area contributed by atoms with Gasteiger partial charge in [0.2, 0.25) is 0 Å². The molecule has 2 aromatic rings.